The summed E-state index contributed by atoms with van der Waals surface area (Å²) in [6.07, 6.45) is 2.64. The van der Waals surface area contributed by atoms with Gasteiger partial charge in [0.1, 0.15) is 0 Å². The first-order valence-electron chi connectivity index (χ1n) is 5.77. The summed E-state index contributed by atoms with van der Waals surface area (Å²) < 4.78 is 5.33. The monoisotopic (exact) mass is 230 g/mol. The molecule has 1 aromatic heterocycles. The van der Waals surface area contributed by atoms with Gasteiger partial charge in [0.15, 0.2) is 6.29 Å². The number of ether oxygens (including phenoxy) is 1. The summed E-state index contributed by atoms with van der Waals surface area (Å²) in [5.74, 6) is 0. The Morgan fingerprint density at radius 2 is 2.12 bits per heavy atom. The normalized spacial score (nSPS) is 16.4. The van der Waals surface area contributed by atoms with Crippen LogP contribution in [0.25, 0.3) is 10.9 Å². The molecule has 1 aromatic carbocycles. The lowest BCUT2D eigenvalue weighted by Crippen LogP contribution is -2.36. The minimum absolute atomic E-state index is 0.718. The zero-order valence-corrected chi connectivity index (χ0v) is 9.48. The Labute approximate surface area is 99.2 Å². The van der Waals surface area contributed by atoms with Gasteiger partial charge in [-0.1, -0.05) is 0 Å². The van der Waals surface area contributed by atoms with Crippen molar-refractivity contribution in [2.75, 3.05) is 31.2 Å². The predicted molar refractivity (Wildman–Crippen MR) is 66.7 cm³/mol. The maximum atomic E-state index is 10.9. The molecule has 0 spiro atoms. The quantitative estimate of drug-likeness (QED) is 0.800. The highest BCUT2D eigenvalue weighted by Crippen LogP contribution is 2.24. The molecule has 1 saturated heterocycles. The van der Waals surface area contributed by atoms with E-state index in [1.165, 1.54) is 0 Å². The van der Waals surface area contributed by atoms with Gasteiger partial charge in [-0.25, -0.2) is 0 Å². The number of anilines is 1. The fraction of sp³-hybridized carbons (Fsp3) is 0.308. The van der Waals surface area contributed by atoms with Gasteiger partial charge in [0.05, 0.1) is 13.2 Å². The van der Waals surface area contributed by atoms with Crippen LogP contribution in [0.1, 0.15) is 10.4 Å². The molecule has 17 heavy (non-hydrogen) atoms. The Balaban J connectivity index is 2.01. The van der Waals surface area contributed by atoms with Crippen molar-refractivity contribution in [3.05, 3.63) is 30.0 Å². The van der Waals surface area contributed by atoms with Gasteiger partial charge in [-0.05, 0) is 18.2 Å². The first kappa shape index (κ1) is 10.4. The van der Waals surface area contributed by atoms with E-state index in [0.717, 1.165) is 54.7 Å². The van der Waals surface area contributed by atoms with Gasteiger partial charge < -0.3 is 14.6 Å². The van der Waals surface area contributed by atoms with Crippen LogP contribution in [0.5, 0.6) is 0 Å². The zero-order valence-electron chi connectivity index (χ0n) is 9.48. The number of benzene rings is 1. The molecule has 0 bridgehead atoms. The van der Waals surface area contributed by atoms with Gasteiger partial charge in [-0.15, -0.1) is 0 Å². The van der Waals surface area contributed by atoms with E-state index in [0.29, 0.717) is 0 Å². The van der Waals surface area contributed by atoms with Gasteiger partial charge >= 0.3 is 0 Å². The third-order valence-electron chi connectivity index (χ3n) is 3.20. The summed E-state index contributed by atoms with van der Waals surface area (Å²) in [6, 6.07) is 6.17. The van der Waals surface area contributed by atoms with Crippen LogP contribution < -0.4 is 4.90 Å². The topological polar surface area (TPSA) is 45.3 Å². The van der Waals surface area contributed by atoms with E-state index in [1.54, 1.807) is 6.20 Å². The first-order chi connectivity index (χ1) is 8.38. The highest BCUT2D eigenvalue weighted by atomic mass is 16.5. The van der Waals surface area contributed by atoms with Crippen molar-refractivity contribution in [2.24, 2.45) is 0 Å². The second-order valence-electron chi connectivity index (χ2n) is 4.19. The van der Waals surface area contributed by atoms with E-state index >= 15 is 0 Å². The van der Waals surface area contributed by atoms with Crippen molar-refractivity contribution >= 4 is 22.9 Å². The highest BCUT2D eigenvalue weighted by molar-refractivity contribution is 5.98. The lowest BCUT2D eigenvalue weighted by atomic mass is 10.1. The summed E-state index contributed by atoms with van der Waals surface area (Å²) >= 11 is 0. The smallest absolute Gasteiger partial charge is 0.152 e. The Bertz CT molecular complexity index is 541. The van der Waals surface area contributed by atoms with E-state index in [4.69, 9.17) is 4.74 Å². The van der Waals surface area contributed by atoms with Crippen molar-refractivity contribution in [3.8, 4) is 0 Å². The number of carbonyl (C=O) groups is 1. The maximum absolute atomic E-state index is 10.9. The van der Waals surface area contributed by atoms with Crippen molar-refractivity contribution in [1.82, 2.24) is 4.98 Å². The summed E-state index contributed by atoms with van der Waals surface area (Å²) in [7, 11) is 0. The molecule has 2 heterocycles. The Morgan fingerprint density at radius 1 is 1.29 bits per heavy atom. The molecule has 1 aliphatic heterocycles. The second-order valence-corrected chi connectivity index (χ2v) is 4.19. The SMILES string of the molecule is O=Cc1c[nH]c2ccc(N3CCOCC3)cc12. The molecule has 0 amide bonds. The second kappa shape index (κ2) is 4.22. The number of rotatable bonds is 2. The summed E-state index contributed by atoms with van der Waals surface area (Å²) in [6.45, 7) is 3.36. The standard InChI is InChI=1S/C13H14N2O2/c16-9-10-8-14-13-2-1-11(7-12(10)13)15-3-5-17-6-4-15/h1-2,7-9,14H,3-6H2. The Morgan fingerprint density at radius 3 is 2.88 bits per heavy atom. The maximum Gasteiger partial charge on any atom is 0.152 e. The summed E-state index contributed by atoms with van der Waals surface area (Å²) in [5.41, 5.74) is 2.88. The van der Waals surface area contributed by atoms with Crippen LogP contribution in [-0.2, 0) is 4.74 Å². The first-order valence-corrected chi connectivity index (χ1v) is 5.77. The predicted octanol–water partition coefficient (Wildman–Crippen LogP) is 1.82. The average Bonchev–Trinajstić information content (AvgIpc) is 2.81. The van der Waals surface area contributed by atoms with Crippen LogP contribution in [0.15, 0.2) is 24.4 Å². The molecule has 4 heteroatoms. The van der Waals surface area contributed by atoms with E-state index < -0.39 is 0 Å². The van der Waals surface area contributed by atoms with Gasteiger partial charge in [-0.3, -0.25) is 4.79 Å². The van der Waals surface area contributed by atoms with Crippen molar-refractivity contribution in [1.29, 1.82) is 0 Å². The number of nitrogens with one attached hydrogen (secondary N) is 1. The lowest BCUT2D eigenvalue weighted by Gasteiger charge is -2.28. The summed E-state index contributed by atoms with van der Waals surface area (Å²) in [4.78, 5) is 16.3. The fourth-order valence-corrected chi connectivity index (χ4v) is 2.25. The van der Waals surface area contributed by atoms with Crippen LogP contribution >= 0.6 is 0 Å². The molecule has 0 saturated carbocycles. The van der Waals surface area contributed by atoms with E-state index in [9.17, 15) is 4.79 Å². The third kappa shape index (κ3) is 1.80. The lowest BCUT2D eigenvalue weighted by molar-refractivity contribution is 0.112. The number of fused-ring (bicyclic) bond motifs is 1. The van der Waals surface area contributed by atoms with Crippen LogP contribution in [0, 0.1) is 0 Å². The van der Waals surface area contributed by atoms with Gasteiger partial charge in [0.25, 0.3) is 0 Å². The number of aldehydes is 1. The minimum Gasteiger partial charge on any atom is -0.378 e. The number of aromatic nitrogens is 1. The van der Waals surface area contributed by atoms with Gasteiger partial charge in [0.2, 0.25) is 0 Å². The molecule has 0 unspecified atom stereocenters. The summed E-state index contributed by atoms with van der Waals surface area (Å²) in [5, 5.41) is 0.990. The number of hydrogen-bond donors (Lipinski definition) is 1. The molecular weight excluding hydrogens is 216 g/mol. The Kier molecular flexibility index (Phi) is 2.57. The molecule has 1 aliphatic rings. The Hall–Kier alpha value is -1.81. The van der Waals surface area contributed by atoms with Crippen molar-refractivity contribution < 1.29 is 9.53 Å². The van der Waals surface area contributed by atoms with Crippen LogP contribution in [0.3, 0.4) is 0 Å². The van der Waals surface area contributed by atoms with E-state index in [2.05, 4.69) is 22.0 Å². The number of hydrogen-bond acceptors (Lipinski definition) is 3. The largest absolute Gasteiger partial charge is 0.378 e. The highest BCUT2D eigenvalue weighted by Gasteiger charge is 2.12. The number of H-pyrrole nitrogens is 1. The number of morpholine rings is 1. The van der Waals surface area contributed by atoms with Crippen LogP contribution in [0.2, 0.25) is 0 Å². The molecule has 0 atom stereocenters. The minimum atomic E-state index is 0.718. The third-order valence-corrected chi connectivity index (χ3v) is 3.20. The molecule has 4 nitrogen and oxygen atoms in total. The molecule has 2 aromatic rings. The van der Waals surface area contributed by atoms with Gasteiger partial charge in [0, 0.05) is 41.4 Å². The molecule has 0 radical (unpaired) electrons. The molecule has 0 aliphatic carbocycles. The molecule has 1 fully saturated rings. The fourth-order valence-electron chi connectivity index (χ4n) is 2.25. The molecule has 3 rings (SSSR count). The number of nitrogens with zero attached hydrogens (tertiary/aromatic N) is 1. The molecule has 1 N–H and O–H groups in total. The number of carbonyl (C=O) groups excluding carboxylic acids is 1. The van der Waals surface area contributed by atoms with Crippen LogP contribution in [-0.4, -0.2) is 37.6 Å². The molecular formula is C13H14N2O2. The number of aromatic amines is 1. The average molecular weight is 230 g/mol. The van der Waals surface area contributed by atoms with Gasteiger partial charge in [-0.2, -0.15) is 0 Å². The van der Waals surface area contributed by atoms with Crippen molar-refractivity contribution in [3.63, 3.8) is 0 Å². The van der Waals surface area contributed by atoms with E-state index in [1.807, 2.05) is 6.07 Å². The van der Waals surface area contributed by atoms with Crippen LogP contribution in [0.4, 0.5) is 5.69 Å². The molecule has 88 valence electrons. The van der Waals surface area contributed by atoms with Crippen molar-refractivity contribution in [2.45, 2.75) is 0 Å². The zero-order chi connectivity index (χ0) is 11.7. The van der Waals surface area contributed by atoms with E-state index in [-0.39, 0.29) is 0 Å².